The predicted molar refractivity (Wildman–Crippen MR) is 44.3 cm³/mol. The third-order valence-corrected chi connectivity index (χ3v) is 2.26. The van der Waals surface area contributed by atoms with Crippen LogP contribution in [0.5, 0.6) is 0 Å². The molecule has 11 heavy (non-hydrogen) atoms. The van der Waals surface area contributed by atoms with E-state index in [0.29, 0.717) is 12.3 Å². The molecule has 0 amide bonds. The normalized spacial score (nSPS) is 23.1. The number of Topliss-reactive ketones (excluding diaryl/α,β-unsaturated/α-hetero) is 1. The number of carbonyl (C=O) groups is 1. The minimum Gasteiger partial charge on any atom is -0.318 e. The fourth-order valence-electron chi connectivity index (χ4n) is 1.63. The van der Waals surface area contributed by atoms with Crippen molar-refractivity contribution in [2.45, 2.75) is 6.92 Å². The van der Waals surface area contributed by atoms with Crippen molar-refractivity contribution in [3.05, 3.63) is 0 Å². The maximum absolute atomic E-state index is 10.9. The van der Waals surface area contributed by atoms with Crippen LogP contribution < -0.4 is 5.32 Å². The zero-order valence-electron chi connectivity index (χ0n) is 7.39. The third-order valence-electron chi connectivity index (χ3n) is 2.26. The quantitative estimate of drug-likeness (QED) is 0.554. The van der Waals surface area contributed by atoms with E-state index in [1.807, 2.05) is 0 Å². The molecule has 1 heterocycles. The summed E-state index contributed by atoms with van der Waals surface area (Å²) in [6, 6.07) is 0. The molecule has 0 saturated carbocycles. The van der Waals surface area contributed by atoms with Gasteiger partial charge in [-0.2, -0.15) is 0 Å². The highest BCUT2D eigenvalue weighted by Gasteiger charge is 2.25. The molecule has 0 radical (unpaired) electrons. The van der Waals surface area contributed by atoms with Gasteiger partial charge in [0.25, 0.3) is 0 Å². The number of likely N-dealkylation sites (N-methyl/N-ethyl adjacent to an activating group) is 1. The number of nitrogens with zero attached hydrogens (tertiary/aromatic N) is 1. The lowest BCUT2D eigenvalue weighted by Gasteiger charge is -2.37. The summed E-state index contributed by atoms with van der Waals surface area (Å²) in [7, 11) is 2.15. The van der Waals surface area contributed by atoms with E-state index in [-0.39, 0.29) is 0 Å². The number of hydrogen-bond acceptors (Lipinski definition) is 2. The standard InChI is InChI=1S/C8H17N2O/c1-8(11)7-10(2)5-3-9-4-6-10/h9H,3-7H2,1-2H3/q+1. The average molecular weight is 157 g/mol. The fourth-order valence-corrected chi connectivity index (χ4v) is 1.63. The van der Waals surface area contributed by atoms with E-state index >= 15 is 0 Å². The molecular weight excluding hydrogens is 140 g/mol. The summed E-state index contributed by atoms with van der Waals surface area (Å²) in [5.41, 5.74) is 0. The van der Waals surface area contributed by atoms with Crippen LogP contribution in [0.15, 0.2) is 0 Å². The monoisotopic (exact) mass is 157 g/mol. The molecule has 1 saturated heterocycles. The minimum absolute atomic E-state index is 0.300. The van der Waals surface area contributed by atoms with Crippen molar-refractivity contribution in [3.63, 3.8) is 0 Å². The maximum Gasteiger partial charge on any atom is 0.183 e. The Labute approximate surface area is 68.0 Å². The second kappa shape index (κ2) is 3.32. The number of hydrogen-bond donors (Lipinski definition) is 1. The van der Waals surface area contributed by atoms with Crippen molar-refractivity contribution in [1.29, 1.82) is 0 Å². The van der Waals surface area contributed by atoms with Crippen molar-refractivity contribution in [2.75, 3.05) is 39.8 Å². The van der Waals surface area contributed by atoms with E-state index in [1.54, 1.807) is 6.92 Å². The summed E-state index contributed by atoms with van der Waals surface area (Å²) >= 11 is 0. The first kappa shape index (κ1) is 8.68. The highest BCUT2D eigenvalue weighted by atomic mass is 16.1. The second-order valence-electron chi connectivity index (χ2n) is 3.68. The number of rotatable bonds is 2. The van der Waals surface area contributed by atoms with Gasteiger partial charge in [-0.25, -0.2) is 0 Å². The molecule has 3 nitrogen and oxygen atoms in total. The van der Waals surface area contributed by atoms with Crippen LogP contribution in [0.3, 0.4) is 0 Å². The number of ketones is 1. The molecule has 64 valence electrons. The molecule has 1 aliphatic rings. The summed E-state index contributed by atoms with van der Waals surface area (Å²) in [4.78, 5) is 10.9. The topological polar surface area (TPSA) is 29.1 Å². The first-order valence-corrected chi connectivity index (χ1v) is 4.16. The SMILES string of the molecule is CC(=O)C[N+]1(C)CCNCC1. The van der Waals surface area contributed by atoms with Crippen LogP contribution in [-0.2, 0) is 4.79 Å². The van der Waals surface area contributed by atoms with Gasteiger partial charge >= 0.3 is 0 Å². The van der Waals surface area contributed by atoms with Crippen molar-refractivity contribution < 1.29 is 9.28 Å². The van der Waals surface area contributed by atoms with Gasteiger partial charge in [0.05, 0.1) is 20.1 Å². The molecule has 0 aromatic rings. The van der Waals surface area contributed by atoms with Gasteiger partial charge in [0.15, 0.2) is 5.78 Å². The molecule has 1 fully saturated rings. The van der Waals surface area contributed by atoms with Gasteiger partial charge in [-0.05, 0) is 0 Å². The third kappa shape index (κ3) is 2.60. The maximum atomic E-state index is 10.9. The Kier molecular flexibility index (Phi) is 2.62. The van der Waals surface area contributed by atoms with Crippen LogP contribution in [0, 0.1) is 0 Å². The first-order chi connectivity index (χ1) is 5.12. The van der Waals surface area contributed by atoms with Crippen molar-refractivity contribution in [1.82, 2.24) is 5.32 Å². The van der Waals surface area contributed by atoms with Crippen LogP contribution in [0.1, 0.15) is 6.92 Å². The Morgan fingerprint density at radius 3 is 2.45 bits per heavy atom. The Bertz CT molecular complexity index is 150. The van der Waals surface area contributed by atoms with Gasteiger partial charge in [-0.3, -0.25) is 4.79 Å². The fraction of sp³-hybridized carbons (Fsp3) is 0.875. The molecule has 0 unspecified atom stereocenters. The van der Waals surface area contributed by atoms with Gasteiger partial charge in [-0.15, -0.1) is 0 Å². The van der Waals surface area contributed by atoms with Crippen molar-refractivity contribution in [2.24, 2.45) is 0 Å². The Morgan fingerprint density at radius 1 is 1.45 bits per heavy atom. The summed E-state index contributed by atoms with van der Waals surface area (Å²) in [5, 5.41) is 3.29. The average Bonchev–Trinajstić information content (AvgIpc) is 1.85. The second-order valence-corrected chi connectivity index (χ2v) is 3.68. The minimum atomic E-state index is 0.300. The molecular formula is C8H17N2O+. The lowest BCUT2D eigenvalue weighted by atomic mass is 10.2. The largest absolute Gasteiger partial charge is 0.318 e. The van der Waals surface area contributed by atoms with Crippen LogP contribution in [0.25, 0.3) is 0 Å². The summed E-state index contributed by atoms with van der Waals surface area (Å²) in [6.07, 6.45) is 0. The highest BCUT2D eigenvalue weighted by Crippen LogP contribution is 2.03. The zero-order chi connectivity index (χ0) is 8.32. The smallest absolute Gasteiger partial charge is 0.183 e. The zero-order valence-corrected chi connectivity index (χ0v) is 7.39. The van der Waals surface area contributed by atoms with Crippen LogP contribution >= 0.6 is 0 Å². The van der Waals surface area contributed by atoms with Gasteiger partial charge < -0.3 is 9.80 Å². The molecule has 1 aliphatic heterocycles. The lowest BCUT2D eigenvalue weighted by molar-refractivity contribution is -0.903. The number of carbonyl (C=O) groups excluding carboxylic acids is 1. The number of nitrogens with one attached hydrogen (secondary N) is 1. The number of piperazine rings is 1. The van der Waals surface area contributed by atoms with Gasteiger partial charge in [0.2, 0.25) is 0 Å². The summed E-state index contributed by atoms with van der Waals surface area (Å²) in [6.45, 7) is 6.62. The van der Waals surface area contributed by atoms with E-state index in [4.69, 9.17) is 0 Å². The van der Waals surface area contributed by atoms with E-state index in [0.717, 1.165) is 30.7 Å². The molecule has 3 heteroatoms. The molecule has 0 bridgehead atoms. The summed E-state index contributed by atoms with van der Waals surface area (Å²) < 4.78 is 0.919. The molecule has 0 aromatic carbocycles. The van der Waals surface area contributed by atoms with Crippen molar-refractivity contribution >= 4 is 5.78 Å². The van der Waals surface area contributed by atoms with E-state index in [1.165, 1.54) is 0 Å². The van der Waals surface area contributed by atoms with Crippen LogP contribution in [-0.4, -0.2) is 50.0 Å². The van der Waals surface area contributed by atoms with Gasteiger partial charge in [0.1, 0.15) is 6.54 Å². The molecule has 0 aliphatic carbocycles. The Hall–Kier alpha value is -0.410. The number of quaternary nitrogens is 1. The van der Waals surface area contributed by atoms with Crippen LogP contribution in [0.2, 0.25) is 0 Å². The van der Waals surface area contributed by atoms with E-state index in [9.17, 15) is 4.79 Å². The lowest BCUT2D eigenvalue weighted by Crippen LogP contribution is -2.57. The Balaban J connectivity index is 2.43. The predicted octanol–water partition coefficient (Wildman–Crippen LogP) is -0.375. The summed E-state index contributed by atoms with van der Waals surface area (Å²) in [5.74, 6) is 0.300. The van der Waals surface area contributed by atoms with Crippen molar-refractivity contribution in [3.8, 4) is 0 Å². The first-order valence-electron chi connectivity index (χ1n) is 4.16. The highest BCUT2D eigenvalue weighted by molar-refractivity contribution is 5.76. The van der Waals surface area contributed by atoms with E-state index in [2.05, 4.69) is 12.4 Å². The van der Waals surface area contributed by atoms with Crippen LogP contribution in [0.4, 0.5) is 0 Å². The molecule has 0 atom stereocenters. The molecule has 1 N–H and O–H groups in total. The molecule has 0 aromatic heterocycles. The molecule has 1 rings (SSSR count). The molecule has 0 spiro atoms. The van der Waals surface area contributed by atoms with Gasteiger partial charge in [0, 0.05) is 20.0 Å². The van der Waals surface area contributed by atoms with E-state index < -0.39 is 0 Å². The Morgan fingerprint density at radius 2 is 2.00 bits per heavy atom. The van der Waals surface area contributed by atoms with Gasteiger partial charge in [-0.1, -0.05) is 0 Å².